The number of hydrogen-bond donors (Lipinski definition) is 3. The molecule has 0 bridgehead atoms. The third-order valence-electron chi connectivity index (χ3n) is 6.18. The summed E-state index contributed by atoms with van der Waals surface area (Å²) >= 11 is 0. The number of aromatic amines is 1. The molecule has 10 heteroatoms. The summed E-state index contributed by atoms with van der Waals surface area (Å²) < 4.78 is 14.7. The number of amides is 1. The number of carbonyl (C=O) groups excluding carboxylic acids is 1. The van der Waals surface area contributed by atoms with Gasteiger partial charge in [0.2, 0.25) is 0 Å². The highest BCUT2D eigenvalue weighted by molar-refractivity contribution is 5.92. The van der Waals surface area contributed by atoms with Crippen LogP contribution < -0.4 is 15.8 Å². The molecule has 1 atom stereocenters. The monoisotopic (exact) mass is 482 g/mol. The predicted molar refractivity (Wildman–Crippen MR) is 132 cm³/mol. The number of aliphatic hydroxyl groups is 1. The van der Waals surface area contributed by atoms with Crippen molar-refractivity contribution in [1.29, 1.82) is 0 Å². The van der Waals surface area contributed by atoms with E-state index >= 15 is 0 Å². The van der Waals surface area contributed by atoms with Crippen LogP contribution in [0.4, 0.5) is 10.1 Å². The van der Waals surface area contributed by atoms with Crippen LogP contribution in [0.1, 0.15) is 41.3 Å². The van der Waals surface area contributed by atoms with Gasteiger partial charge in [0.15, 0.2) is 5.82 Å². The fourth-order valence-electron chi connectivity index (χ4n) is 4.33. The minimum absolute atomic E-state index is 0.177. The van der Waals surface area contributed by atoms with Crippen LogP contribution in [-0.2, 0) is 13.0 Å². The van der Waals surface area contributed by atoms with E-state index in [1.807, 2.05) is 19.9 Å². The smallest absolute Gasteiger partial charge is 0.270 e. The molecule has 3 aromatic rings. The molecule has 1 aromatic carbocycles. The van der Waals surface area contributed by atoms with E-state index < -0.39 is 11.9 Å². The summed E-state index contributed by atoms with van der Waals surface area (Å²) in [5.74, 6) is -0.739. The lowest BCUT2D eigenvalue weighted by atomic mass is 10.1. The molecule has 0 radical (unpaired) electrons. The van der Waals surface area contributed by atoms with Gasteiger partial charge in [-0.15, -0.1) is 0 Å². The van der Waals surface area contributed by atoms with Crippen molar-refractivity contribution >= 4 is 22.6 Å². The minimum atomic E-state index is -0.616. The molecule has 0 saturated carbocycles. The van der Waals surface area contributed by atoms with E-state index in [2.05, 4.69) is 30.1 Å². The molecule has 35 heavy (non-hydrogen) atoms. The molecule has 4 rings (SSSR count). The van der Waals surface area contributed by atoms with Crippen molar-refractivity contribution in [1.82, 2.24) is 25.2 Å². The standard InChI is InChI=1S/C25H31FN6O3/c1-4-19-25(35)30-21-12-17(11-18(26)23(21)29-19)14-31-7-9-32(10-8-31)22-6-5-20(28-16(22)3)24(34)27-13-15(2)33/h5-6,11-12,15,33H,4,7-10,13-14H2,1-3H3,(H,27,34)(H,30,35)/t15-/m0/s1. The van der Waals surface area contributed by atoms with Crippen molar-refractivity contribution in [2.45, 2.75) is 39.8 Å². The number of halogens is 1. The molecule has 186 valence electrons. The molecular weight excluding hydrogens is 451 g/mol. The first-order valence-electron chi connectivity index (χ1n) is 11.9. The van der Waals surface area contributed by atoms with Crippen LogP contribution in [0.3, 0.4) is 0 Å². The first-order valence-corrected chi connectivity index (χ1v) is 11.9. The van der Waals surface area contributed by atoms with Crippen LogP contribution in [0.15, 0.2) is 29.1 Å². The average Bonchev–Trinajstić information content (AvgIpc) is 2.82. The number of aromatic nitrogens is 3. The van der Waals surface area contributed by atoms with E-state index in [0.717, 1.165) is 43.1 Å². The van der Waals surface area contributed by atoms with E-state index in [1.54, 1.807) is 19.1 Å². The average molecular weight is 483 g/mol. The van der Waals surface area contributed by atoms with E-state index in [-0.39, 0.29) is 23.5 Å². The summed E-state index contributed by atoms with van der Waals surface area (Å²) in [6, 6.07) is 6.90. The van der Waals surface area contributed by atoms with Gasteiger partial charge in [-0.1, -0.05) is 6.92 Å². The molecule has 1 aliphatic heterocycles. The molecule has 1 amide bonds. The molecule has 0 aliphatic carbocycles. The van der Waals surface area contributed by atoms with Crippen LogP contribution in [-0.4, -0.2) is 69.7 Å². The van der Waals surface area contributed by atoms with E-state index in [9.17, 15) is 19.1 Å². The lowest BCUT2D eigenvalue weighted by Crippen LogP contribution is -2.46. The fourth-order valence-corrected chi connectivity index (χ4v) is 4.33. The van der Waals surface area contributed by atoms with Gasteiger partial charge in [0, 0.05) is 39.3 Å². The number of anilines is 1. The van der Waals surface area contributed by atoms with Gasteiger partial charge in [-0.05, 0) is 50.1 Å². The Labute approximate surface area is 203 Å². The van der Waals surface area contributed by atoms with E-state index in [0.29, 0.717) is 29.9 Å². The highest BCUT2D eigenvalue weighted by atomic mass is 19.1. The maximum absolute atomic E-state index is 14.7. The second kappa shape index (κ2) is 10.5. The van der Waals surface area contributed by atoms with Gasteiger partial charge in [-0.2, -0.15) is 0 Å². The maximum atomic E-state index is 14.7. The van der Waals surface area contributed by atoms with Crippen molar-refractivity contribution in [3.63, 3.8) is 0 Å². The number of aryl methyl sites for hydroxylation is 2. The molecule has 3 N–H and O–H groups in total. The Kier molecular flexibility index (Phi) is 7.42. The first-order chi connectivity index (χ1) is 16.7. The number of carbonyl (C=O) groups is 1. The topological polar surface area (TPSA) is 114 Å². The number of H-pyrrole nitrogens is 1. The van der Waals surface area contributed by atoms with Crippen LogP contribution in [0.25, 0.3) is 11.0 Å². The van der Waals surface area contributed by atoms with Crippen LogP contribution in [0.2, 0.25) is 0 Å². The summed E-state index contributed by atoms with van der Waals surface area (Å²) in [6.07, 6.45) is -0.167. The van der Waals surface area contributed by atoms with Crippen LogP contribution in [0, 0.1) is 12.7 Å². The summed E-state index contributed by atoms with van der Waals surface area (Å²) in [5.41, 5.74) is 3.52. The molecule has 9 nitrogen and oxygen atoms in total. The van der Waals surface area contributed by atoms with Crippen molar-refractivity contribution in [3.05, 3.63) is 63.1 Å². The summed E-state index contributed by atoms with van der Waals surface area (Å²) in [4.78, 5) is 40.2. The Hall–Kier alpha value is -3.37. The largest absolute Gasteiger partial charge is 0.392 e. The van der Waals surface area contributed by atoms with Gasteiger partial charge in [-0.3, -0.25) is 14.5 Å². The normalized spacial score (nSPS) is 15.4. The van der Waals surface area contributed by atoms with Crippen LogP contribution in [0.5, 0.6) is 0 Å². The number of fused-ring (bicyclic) bond motifs is 1. The Morgan fingerprint density at radius 3 is 2.63 bits per heavy atom. The zero-order valence-electron chi connectivity index (χ0n) is 20.3. The second-order valence-corrected chi connectivity index (χ2v) is 8.96. The molecule has 0 spiro atoms. The van der Waals surface area contributed by atoms with Gasteiger partial charge < -0.3 is 20.3 Å². The number of pyridine rings is 1. The zero-order chi connectivity index (χ0) is 25.1. The van der Waals surface area contributed by atoms with Crippen LogP contribution >= 0.6 is 0 Å². The first kappa shape index (κ1) is 24.7. The zero-order valence-corrected chi connectivity index (χ0v) is 20.3. The molecule has 2 aromatic heterocycles. The van der Waals surface area contributed by atoms with Crippen molar-refractivity contribution in [3.8, 4) is 0 Å². The number of piperazine rings is 1. The summed E-state index contributed by atoms with van der Waals surface area (Å²) in [6.45, 7) is 9.14. The molecule has 1 aliphatic rings. The quantitative estimate of drug-likeness (QED) is 0.470. The lowest BCUT2D eigenvalue weighted by molar-refractivity contribution is 0.0919. The highest BCUT2D eigenvalue weighted by Gasteiger charge is 2.21. The molecule has 3 heterocycles. The minimum Gasteiger partial charge on any atom is -0.392 e. The van der Waals surface area contributed by atoms with Crippen molar-refractivity contribution in [2.24, 2.45) is 0 Å². The Balaban J connectivity index is 1.40. The molecule has 1 saturated heterocycles. The fraction of sp³-hybridized carbons (Fsp3) is 0.440. The molecular formula is C25H31FN6O3. The van der Waals surface area contributed by atoms with Gasteiger partial charge in [0.05, 0.1) is 23.0 Å². The number of nitrogens with zero attached hydrogens (tertiary/aromatic N) is 4. The molecule has 1 fully saturated rings. The summed E-state index contributed by atoms with van der Waals surface area (Å²) in [7, 11) is 0. The Morgan fingerprint density at radius 1 is 1.23 bits per heavy atom. The van der Waals surface area contributed by atoms with Gasteiger partial charge >= 0.3 is 0 Å². The maximum Gasteiger partial charge on any atom is 0.270 e. The SMILES string of the molecule is CCc1nc2c(F)cc(CN3CCN(c4ccc(C(=O)NC[C@H](C)O)nc4C)CC3)cc2[nH]c1=O. The summed E-state index contributed by atoms with van der Waals surface area (Å²) in [5, 5.41) is 12.0. The number of nitrogens with one attached hydrogen (secondary N) is 2. The lowest BCUT2D eigenvalue weighted by Gasteiger charge is -2.36. The van der Waals surface area contributed by atoms with Gasteiger partial charge in [-0.25, -0.2) is 14.4 Å². The second-order valence-electron chi connectivity index (χ2n) is 8.96. The number of aliphatic hydroxyl groups excluding tert-OH is 1. The third-order valence-corrected chi connectivity index (χ3v) is 6.18. The third kappa shape index (κ3) is 5.66. The van der Waals surface area contributed by atoms with Gasteiger partial charge in [0.1, 0.15) is 16.9 Å². The van der Waals surface area contributed by atoms with Gasteiger partial charge in [0.25, 0.3) is 11.5 Å². The highest BCUT2D eigenvalue weighted by Crippen LogP contribution is 2.22. The van der Waals surface area contributed by atoms with Crippen molar-refractivity contribution < 1.29 is 14.3 Å². The van der Waals surface area contributed by atoms with Crippen molar-refractivity contribution in [2.75, 3.05) is 37.6 Å². The predicted octanol–water partition coefficient (Wildman–Crippen LogP) is 1.76. The Morgan fingerprint density at radius 2 is 1.97 bits per heavy atom. The molecule has 0 unspecified atom stereocenters. The number of benzene rings is 1. The Bertz CT molecular complexity index is 1280. The van der Waals surface area contributed by atoms with E-state index in [4.69, 9.17) is 0 Å². The van der Waals surface area contributed by atoms with E-state index in [1.165, 1.54) is 6.07 Å². The number of rotatable bonds is 7. The number of hydrogen-bond acceptors (Lipinski definition) is 7.